The zero-order valence-electron chi connectivity index (χ0n) is 18.8. The van der Waals surface area contributed by atoms with Crippen molar-refractivity contribution in [3.8, 4) is 0 Å². The smallest absolute Gasteiger partial charge is 0.317 e. The number of halogens is 2. The Bertz CT molecular complexity index is 997. The summed E-state index contributed by atoms with van der Waals surface area (Å²) in [7, 11) is 1.56. The van der Waals surface area contributed by atoms with E-state index in [-0.39, 0.29) is 24.5 Å². The second-order valence-electron chi connectivity index (χ2n) is 7.68. The Kier molecular flexibility index (Phi) is 9.11. The third kappa shape index (κ3) is 6.47. The molecular weight excluding hydrogens is 463 g/mol. The molecule has 0 saturated heterocycles. The molecule has 1 atom stereocenters. The van der Waals surface area contributed by atoms with E-state index >= 15 is 0 Å². The molecule has 7 nitrogen and oxygen atoms in total. The van der Waals surface area contributed by atoms with Crippen LogP contribution in [-0.2, 0) is 9.53 Å². The fraction of sp³-hybridized carbons (Fsp3) is 0.375. The predicted octanol–water partition coefficient (Wildman–Crippen LogP) is 4.74. The molecule has 33 heavy (non-hydrogen) atoms. The normalized spacial score (nSPS) is 15.3. The molecule has 2 aromatic carbocycles. The average Bonchev–Trinajstić information content (AvgIpc) is 3.26. The van der Waals surface area contributed by atoms with Crippen LogP contribution >= 0.6 is 23.2 Å². The molecule has 0 fully saturated rings. The first-order valence-corrected chi connectivity index (χ1v) is 11.6. The van der Waals surface area contributed by atoms with Gasteiger partial charge in [0.25, 0.3) is 5.91 Å². The summed E-state index contributed by atoms with van der Waals surface area (Å²) in [5.41, 5.74) is 2.40. The third-order valence-corrected chi connectivity index (χ3v) is 5.89. The van der Waals surface area contributed by atoms with Gasteiger partial charge in [0.15, 0.2) is 0 Å². The largest absolute Gasteiger partial charge is 0.383 e. The number of benzene rings is 2. The van der Waals surface area contributed by atoms with Crippen LogP contribution in [0, 0.1) is 0 Å². The Balaban J connectivity index is 1.88. The summed E-state index contributed by atoms with van der Waals surface area (Å²) in [6.07, 6.45) is 1.30. The Morgan fingerprint density at radius 1 is 1.18 bits per heavy atom. The highest BCUT2D eigenvalue weighted by Crippen LogP contribution is 2.35. The molecule has 0 saturated carbocycles. The summed E-state index contributed by atoms with van der Waals surface area (Å²) < 4.78 is 5.12. The minimum absolute atomic E-state index is 0.123. The summed E-state index contributed by atoms with van der Waals surface area (Å²) in [4.78, 5) is 27.5. The van der Waals surface area contributed by atoms with Gasteiger partial charge in [0.1, 0.15) is 6.54 Å². The number of nitrogens with zero attached hydrogens (tertiary/aromatic N) is 3. The molecule has 1 aliphatic rings. The molecule has 0 aromatic heterocycles. The highest BCUT2D eigenvalue weighted by atomic mass is 35.5. The van der Waals surface area contributed by atoms with Gasteiger partial charge in [-0.3, -0.25) is 4.79 Å². The molecule has 9 heteroatoms. The molecule has 1 aliphatic heterocycles. The van der Waals surface area contributed by atoms with Crippen LogP contribution in [0.15, 0.2) is 53.6 Å². The van der Waals surface area contributed by atoms with Gasteiger partial charge in [-0.25, -0.2) is 9.80 Å². The average molecular weight is 491 g/mol. The predicted molar refractivity (Wildman–Crippen MR) is 131 cm³/mol. The van der Waals surface area contributed by atoms with Crippen LogP contribution in [0.1, 0.15) is 36.9 Å². The van der Waals surface area contributed by atoms with Gasteiger partial charge in [-0.05, 0) is 30.2 Å². The Hall–Kier alpha value is -2.61. The maximum Gasteiger partial charge on any atom is 0.317 e. The molecule has 2 aromatic rings. The van der Waals surface area contributed by atoms with Gasteiger partial charge in [0.2, 0.25) is 0 Å². The number of urea groups is 1. The van der Waals surface area contributed by atoms with E-state index in [1.807, 2.05) is 37.3 Å². The highest BCUT2D eigenvalue weighted by Gasteiger charge is 2.34. The molecule has 0 radical (unpaired) electrons. The fourth-order valence-corrected chi connectivity index (χ4v) is 3.95. The van der Waals surface area contributed by atoms with E-state index < -0.39 is 0 Å². The van der Waals surface area contributed by atoms with Gasteiger partial charge in [0, 0.05) is 42.2 Å². The van der Waals surface area contributed by atoms with Crippen molar-refractivity contribution in [2.45, 2.75) is 25.8 Å². The van der Waals surface area contributed by atoms with Gasteiger partial charge in [-0.15, -0.1) is 0 Å². The zero-order chi connectivity index (χ0) is 23.8. The van der Waals surface area contributed by atoms with Gasteiger partial charge in [-0.2, -0.15) is 5.10 Å². The number of methoxy groups -OCH3 is 1. The van der Waals surface area contributed by atoms with Crippen molar-refractivity contribution in [3.05, 3.63) is 69.7 Å². The number of amides is 3. The monoisotopic (exact) mass is 490 g/mol. The minimum Gasteiger partial charge on any atom is -0.383 e. The number of rotatable bonds is 9. The van der Waals surface area contributed by atoms with E-state index in [1.54, 1.807) is 25.3 Å². The van der Waals surface area contributed by atoms with Crippen LogP contribution in [0.25, 0.3) is 0 Å². The minimum atomic E-state index is -0.330. The maximum atomic E-state index is 13.4. The molecule has 1 unspecified atom stereocenters. The van der Waals surface area contributed by atoms with E-state index in [2.05, 4.69) is 10.4 Å². The maximum absolute atomic E-state index is 13.4. The lowest BCUT2D eigenvalue weighted by molar-refractivity contribution is -0.133. The molecule has 1 heterocycles. The van der Waals surface area contributed by atoms with Crippen LogP contribution < -0.4 is 5.32 Å². The third-order valence-electron chi connectivity index (χ3n) is 5.31. The fourth-order valence-electron chi connectivity index (χ4n) is 3.58. The van der Waals surface area contributed by atoms with Crippen LogP contribution in [0.5, 0.6) is 0 Å². The van der Waals surface area contributed by atoms with Gasteiger partial charge in [-0.1, -0.05) is 60.5 Å². The number of hydrogen-bond donors (Lipinski definition) is 1. The Morgan fingerprint density at radius 2 is 1.91 bits per heavy atom. The van der Waals surface area contributed by atoms with Crippen LogP contribution in [0.2, 0.25) is 10.0 Å². The van der Waals surface area contributed by atoms with Crippen molar-refractivity contribution in [2.24, 2.45) is 5.10 Å². The van der Waals surface area contributed by atoms with Crippen molar-refractivity contribution in [1.29, 1.82) is 0 Å². The summed E-state index contributed by atoms with van der Waals surface area (Å²) in [5, 5.41) is 10.1. The van der Waals surface area contributed by atoms with E-state index in [9.17, 15) is 9.59 Å². The quantitative estimate of drug-likeness (QED) is 0.551. The van der Waals surface area contributed by atoms with Crippen molar-refractivity contribution in [2.75, 3.05) is 33.4 Å². The van der Waals surface area contributed by atoms with Crippen molar-refractivity contribution >= 4 is 40.9 Å². The molecule has 1 N–H and O–H groups in total. The molecule has 3 rings (SSSR count). The number of hydrazone groups is 1. The highest BCUT2D eigenvalue weighted by molar-refractivity contribution is 6.34. The number of ether oxygens (including phenoxy) is 1. The number of carbonyl (C=O) groups excluding carboxylic acids is 2. The SMILES string of the molecule is CCCNC(=O)N(CCOC)CC(=O)N1N=C(c2ccccc2Cl)CC1c1ccc(Cl)cc1. The van der Waals surface area contributed by atoms with E-state index in [1.165, 1.54) is 9.91 Å². The van der Waals surface area contributed by atoms with Gasteiger partial charge in [0.05, 0.1) is 18.4 Å². The molecule has 176 valence electrons. The van der Waals surface area contributed by atoms with Crippen molar-refractivity contribution < 1.29 is 14.3 Å². The summed E-state index contributed by atoms with van der Waals surface area (Å²) >= 11 is 12.5. The molecular formula is C24H28Cl2N4O3. The first kappa shape index (κ1) is 25.0. The molecule has 0 bridgehead atoms. The summed E-state index contributed by atoms with van der Waals surface area (Å²) in [6, 6.07) is 14.1. The summed E-state index contributed by atoms with van der Waals surface area (Å²) in [6.45, 7) is 2.99. The van der Waals surface area contributed by atoms with Crippen LogP contribution in [-0.4, -0.2) is 60.9 Å². The second kappa shape index (κ2) is 12.0. The Labute approximate surface area is 204 Å². The lowest BCUT2D eigenvalue weighted by Crippen LogP contribution is -2.47. The zero-order valence-corrected chi connectivity index (χ0v) is 20.3. The van der Waals surface area contributed by atoms with E-state index in [0.717, 1.165) is 17.5 Å². The lowest BCUT2D eigenvalue weighted by atomic mass is 9.98. The summed E-state index contributed by atoms with van der Waals surface area (Å²) in [5.74, 6) is -0.292. The Morgan fingerprint density at radius 3 is 2.58 bits per heavy atom. The van der Waals surface area contributed by atoms with Gasteiger partial charge >= 0.3 is 6.03 Å². The van der Waals surface area contributed by atoms with Gasteiger partial charge < -0.3 is 15.0 Å². The number of carbonyl (C=O) groups is 2. The first-order chi connectivity index (χ1) is 15.9. The van der Waals surface area contributed by atoms with E-state index in [0.29, 0.717) is 41.9 Å². The second-order valence-corrected chi connectivity index (χ2v) is 8.53. The molecule has 0 spiro atoms. The van der Waals surface area contributed by atoms with E-state index in [4.69, 9.17) is 27.9 Å². The number of hydrogen-bond acceptors (Lipinski definition) is 4. The number of nitrogens with one attached hydrogen (secondary N) is 1. The van der Waals surface area contributed by atoms with Crippen molar-refractivity contribution in [3.63, 3.8) is 0 Å². The molecule has 0 aliphatic carbocycles. The first-order valence-electron chi connectivity index (χ1n) is 10.9. The standard InChI is InChI=1S/C24H28Cl2N4O3/c1-3-12-27-24(32)29(13-14-33-2)16-23(31)30-22(17-8-10-18(25)11-9-17)15-21(28-30)19-6-4-5-7-20(19)26/h4-11,22H,3,12-16H2,1-2H3,(H,27,32). The van der Waals surface area contributed by atoms with Crippen molar-refractivity contribution in [1.82, 2.24) is 15.2 Å². The molecule has 3 amide bonds. The lowest BCUT2D eigenvalue weighted by Gasteiger charge is -2.27. The van der Waals surface area contributed by atoms with Crippen LogP contribution in [0.3, 0.4) is 0 Å². The topological polar surface area (TPSA) is 74.2 Å². The van der Waals surface area contributed by atoms with Crippen LogP contribution in [0.4, 0.5) is 4.79 Å².